The molecule has 0 bridgehead atoms. The highest BCUT2D eigenvalue weighted by Gasteiger charge is 2.32. The lowest BCUT2D eigenvalue weighted by molar-refractivity contribution is -0.138. The minimum absolute atomic E-state index is 0.00493. The second kappa shape index (κ2) is 11.7. The van der Waals surface area contributed by atoms with Gasteiger partial charge in [-0.1, -0.05) is 20.3 Å². The first-order valence-electron chi connectivity index (χ1n) is 13.1. The number of ether oxygens (including phenoxy) is 1. The molecule has 1 saturated heterocycles. The van der Waals surface area contributed by atoms with E-state index in [1.165, 1.54) is 16.4 Å². The summed E-state index contributed by atoms with van der Waals surface area (Å²) in [7, 11) is -2.18. The van der Waals surface area contributed by atoms with Crippen LogP contribution in [0, 0.1) is 0 Å². The summed E-state index contributed by atoms with van der Waals surface area (Å²) in [6, 6.07) is 4.45. The van der Waals surface area contributed by atoms with Crippen molar-refractivity contribution in [3.8, 4) is 17.1 Å². The zero-order valence-corrected chi connectivity index (χ0v) is 23.2. The van der Waals surface area contributed by atoms with Gasteiger partial charge in [-0.2, -0.15) is 17.5 Å². The van der Waals surface area contributed by atoms with E-state index in [4.69, 9.17) is 9.72 Å². The fourth-order valence-electron chi connectivity index (χ4n) is 4.78. The maximum absolute atomic E-state index is 13.5. The highest BCUT2D eigenvalue weighted by atomic mass is 32.2. The average molecular weight is 570 g/mol. The number of rotatable bonds is 10. The molecular formula is C26H34F3N5O4S. The molecule has 0 saturated carbocycles. The molecule has 9 nitrogen and oxygen atoms in total. The van der Waals surface area contributed by atoms with Gasteiger partial charge < -0.3 is 19.2 Å². The van der Waals surface area contributed by atoms with Crippen molar-refractivity contribution in [2.24, 2.45) is 7.05 Å². The maximum atomic E-state index is 13.5. The molecule has 1 N–H and O–H groups in total. The molecule has 0 amide bonds. The molecule has 3 heterocycles. The Labute approximate surface area is 225 Å². The molecule has 0 unspecified atom stereocenters. The third kappa shape index (κ3) is 6.47. The highest BCUT2D eigenvalue weighted by molar-refractivity contribution is 7.89. The van der Waals surface area contributed by atoms with Gasteiger partial charge in [-0.15, -0.1) is 0 Å². The van der Waals surface area contributed by atoms with E-state index in [0.717, 1.165) is 24.8 Å². The number of hydrogen-bond donors (Lipinski definition) is 1. The molecule has 1 aliphatic heterocycles. The number of nitrogens with zero attached hydrogens (tertiary/aromatic N) is 4. The molecule has 1 fully saturated rings. The molecule has 0 atom stereocenters. The lowest BCUT2D eigenvalue weighted by Crippen LogP contribution is -2.49. The van der Waals surface area contributed by atoms with E-state index >= 15 is 0 Å². The second-order valence-corrected chi connectivity index (χ2v) is 11.7. The van der Waals surface area contributed by atoms with Gasteiger partial charge in [0.05, 0.1) is 29.0 Å². The van der Waals surface area contributed by atoms with Crippen molar-refractivity contribution in [1.82, 2.24) is 23.7 Å². The Bertz CT molecular complexity index is 1480. The van der Waals surface area contributed by atoms with E-state index in [-0.39, 0.29) is 49.0 Å². The van der Waals surface area contributed by atoms with Crippen molar-refractivity contribution in [3.63, 3.8) is 0 Å². The molecule has 0 radical (unpaired) electrons. The largest absolute Gasteiger partial charge is 0.493 e. The molecule has 2 aromatic heterocycles. The first-order chi connectivity index (χ1) is 18.4. The predicted molar refractivity (Wildman–Crippen MR) is 142 cm³/mol. The summed E-state index contributed by atoms with van der Waals surface area (Å²) in [6.45, 7) is 4.78. The molecule has 3 aromatic rings. The molecule has 13 heteroatoms. The number of H-pyrrole nitrogens is 1. The number of aromatic amines is 1. The number of hydrogen-bond acceptors (Lipinski definition) is 6. The summed E-state index contributed by atoms with van der Waals surface area (Å²) in [5.74, 6) is 0.597. The van der Waals surface area contributed by atoms with Crippen LogP contribution in [0.4, 0.5) is 13.2 Å². The van der Waals surface area contributed by atoms with Gasteiger partial charge in [0, 0.05) is 46.0 Å². The molecule has 214 valence electrons. The zero-order chi connectivity index (χ0) is 28.4. The van der Waals surface area contributed by atoms with Gasteiger partial charge >= 0.3 is 6.18 Å². The van der Waals surface area contributed by atoms with Crippen LogP contribution in [0.25, 0.3) is 22.4 Å². The van der Waals surface area contributed by atoms with E-state index in [1.807, 2.05) is 20.0 Å². The Morgan fingerprint density at radius 2 is 1.82 bits per heavy atom. The quantitative estimate of drug-likeness (QED) is 0.397. The van der Waals surface area contributed by atoms with Crippen LogP contribution in [0.15, 0.2) is 34.1 Å². The standard InChI is InChI=1S/C26H34F3N5O4S/c1-4-6-18-17-32(3)23-22(18)30-24(31-25(23)35)20-16-19(7-8-21(20)38-15-5-2)39(36,37)34-13-11-33(12-14-34)10-9-26(27,28)29/h7-8,16-17H,4-6,9-15H2,1-3H3,(H,30,31,35). The Hall–Kier alpha value is -2.90. The summed E-state index contributed by atoms with van der Waals surface area (Å²) in [5, 5.41) is 0. The summed E-state index contributed by atoms with van der Waals surface area (Å²) in [6.07, 6.45) is -0.985. The van der Waals surface area contributed by atoms with E-state index in [0.29, 0.717) is 29.0 Å². The number of fused-ring (bicyclic) bond motifs is 1. The minimum atomic E-state index is -4.25. The SMILES string of the molecule is CCCOc1ccc(S(=O)(=O)N2CCN(CCC(F)(F)F)CC2)cc1-c1nc2c(CCC)cn(C)c2c(=O)[nH]1. The molecule has 0 spiro atoms. The predicted octanol–water partition coefficient (Wildman–Crippen LogP) is 3.93. The van der Waals surface area contributed by atoms with Crippen molar-refractivity contribution in [1.29, 1.82) is 0 Å². The summed E-state index contributed by atoms with van der Waals surface area (Å²) in [5.41, 5.74) is 1.92. The van der Waals surface area contributed by atoms with Crippen molar-refractivity contribution < 1.29 is 26.3 Å². The van der Waals surface area contributed by atoms with Gasteiger partial charge in [0.25, 0.3) is 5.56 Å². The fraction of sp³-hybridized carbons (Fsp3) is 0.538. The van der Waals surface area contributed by atoms with Crippen molar-refractivity contribution >= 4 is 21.1 Å². The summed E-state index contributed by atoms with van der Waals surface area (Å²) in [4.78, 5) is 22.2. The molecule has 39 heavy (non-hydrogen) atoms. The number of aromatic nitrogens is 3. The molecule has 4 rings (SSSR count). The summed E-state index contributed by atoms with van der Waals surface area (Å²) >= 11 is 0. The molecular weight excluding hydrogens is 535 g/mol. The van der Waals surface area contributed by atoms with Crippen LogP contribution in [-0.4, -0.2) is 77.7 Å². The van der Waals surface area contributed by atoms with Crippen LogP contribution in [0.2, 0.25) is 0 Å². The number of aryl methyl sites for hydroxylation is 2. The second-order valence-electron chi connectivity index (χ2n) is 9.74. The van der Waals surface area contributed by atoms with Crippen LogP contribution < -0.4 is 10.3 Å². The van der Waals surface area contributed by atoms with E-state index in [1.54, 1.807) is 22.6 Å². The number of sulfonamides is 1. The van der Waals surface area contributed by atoms with Gasteiger partial charge in [-0.05, 0) is 36.6 Å². The van der Waals surface area contributed by atoms with Crippen molar-refractivity contribution in [3.05, 3.63) is 40.3 Å². The number of halogens is 3. The molecule has 0 aliphatic carbocycles. The van der Waals surface area contributed by atoms with Crippen LogP contribution >= 0.6 is 0 Å². The Morgan fingerprint density at radius 1 is 1.10 bits per heavy atom. The van der Waals surface area contributed by atoms with Crippen LogP contribution in [-0.2, 0) is 23.5 Å². The van der Waals surface area contributed by atoms with Crippen LogP contribution in [0.3, 0.4) is 0 Å². The topological polar surface area (TPSA) is 101 Å². The smallest absolute Gasteiger partial charge is 0.390 e. The average Bonchev–Trinajstić information content (AvgIpc) is 3.21. The maximum Gasteiger partial charge on any atom is 0.390 e. The summed E-state index contributed by atoms with van der Waals surface area (Å²) < 4.78 is 73.7. The monoisotopic (exact) mass is 569 g/mol. The lowest BCUT2D eigenvalue weighted by Gasteiger charge is -2.34. The number of benzene rings is 1. The molecule has 1 aliphatic rings. The van der Waals surface area contributed by atoms with Crippen molar-refractivity contribution in [2.75, 3.05) is 39.3 Å². The van der Waals surface area contributed by atoms with Gasteiger partial charge in [0.15, 0.2) is 0 Å². The zero-order valence-electron chi connectivity index (χ0n) is 22.3. The number of piperazine rings is 1. The van der Waals surface area contributed by atoms with Gasteiger partial charge in [0.1, 0.15) is 17.1 Å². The first-order valence-corrected chi connectivity index (χ1v) is 14.5. The number of alkyl halides is 3. The Kier molecular flexibility index (Phi) is 8.72. The lowest BCUT2D eigenvalue weighted by atomic mass is 10.1. The Morgan fingerprint density at radius 3 is 2.46 bits per heavy atom. The third-order valence-corrected chi connectivity index (χ3v) is 8.66. The van der Waals surface area contributed by atoms with Gasteiger partial charge in [-0.25, -0.2) is 13.4 Å². The Balaban J connectivity index is 1.68. The van der Waals surface area contributed by atoms with Crippen LogP contribution in [0.1, 0.15) is 38.7 Å². The minimum Gasteiger partial charge on any atom is -0.493 e. The first kappa shape index (κ1) is 29.1. The van der Waals surface area contributed by atoms with E-state index in [9.17, 15) is 26.4 Å². The van der Waals surface area contributed by atoms with Crippen molar-refractivity contribution in [2.45, 2.75) is 50.6 Å². The highest BCUT2D eigenvalue weighted by Crippen LogP contribution is 2.33. The van der Waals surface area contributed by atoms with Gasteiger partial charge in [-0.3, -0.25) is 4.79 Å². The normalized spacial score (nSPS) is 15.7. The fourth-order valence-corrected chi connectivity index (χ4v) is 6.23. The van der Waals surface area contributed by atoms with E-state index < -0.39 is 22.6 Å². The number of nitrogens with one attached hydrogen (secondary N) is 1. The van der Waals surface area contributed by atoms with Crippen LogP contribution in [0.5, 0.6) is 5.75 Å². The third-order valence-electron chi connectivity index (χ3n) is 6.77. The van der Waals surface area contributed by atoms with E-state index in [2.05, 4.69) is 4.98 Å². The van der Waals surface area contributed by atoms with Gasteiger partial charge in [0.2, 0.25) is 10.0 Å². The molecule has 1 aromatic carbocycles.